The van der Waals surface area contributed by atoms with E-state index in [4.69, 9.17) is 0 Å². The van der Waals surface area contributed by atoms with E-state index in [0.29, 0.717) is 18.7 Å². The predicted molar refractivity (Wildman–Crippen MR) is 149 cm³/mol. The van der Waals surface area contributed by atoms with Crippen LogP contribution in [0.5, 0.6) is 0 Å². The maximum Gasteiger partial charge on any atom is 0.315 e. The van der Waals surface area contributed by atoms with E-state index in [0.717, 1.165) is 22.0 Å². The van der Waals surface area contributed by atoms with Crippen molar-refractivity contribution in [1.29, 1.82) is 5.26 Å². The Bertz CT molecular complexity index is 1240. The summed E-state index contributed by atoms with van der Waals surface area (Å²) in [5.74, 6) is -1.06. The SMILES string of the molecule is CCN(C(=O)C(c1cccnc1)C(CNC(=O)NCc1ccccc1P)c1cccc(C#N)c1)C(C)C. The number of carbonyl (C=O) groups is 2. The third kappa shape index (κ3) is 7.38. The molecule has 0 saturated carbocycles. The van der Waals surface area contributed by atoms with Gasteiger partial charge in [0.1, 0.15) is 0 Å². The standard InChI is InChI=1S/C29H34N5O2P/c1-4-34(20(2)3)28(35)27(24-12-8-14-31-17-24)25(22-11-7-9-21(15-22)16-30)19-33-29(36)32-18-23-10-5-6-13-26(23)37/h5-15,17,20,25,27H,4,18-19,37H2,1-3H3,(H2,32,33,36). The van der Waals surface area contributed by atoms with Gasteiger partial charge >= 0.3 is 6.03 Å². The normalized spacial score (nSPS) is 12.3. The summed E-state index contributed by atoms with van der Waals surface area (Å²) in [5.41, 5.74) is 3.06. The van der Waals surface area contributed by atoms with Crippen LogP contribution in [0.15, 0.2) is 73.1 Å². The first kappa shape index (κ1) is 27.8. The van der Waals surface area contributed by atoms with E-state index in [1.54, 1.807) is 24.5 Å². The highest BCUT2D eigenvalue weighted by Crippen LogP contribution is 2.35. The minimum atomic E-state index is -0.599. The number of hydrogen-bond donors (Lipinski definition) is 2. The Hall–Kier alpha value is -3.75. The zero-order chi connectivity index (χ0) is 26.8. The molecule has 192 valence electrons. The molecule has 0 bridgehead atoms. The molecule has 3 unspecified atom stereocenters. The number of hydrogen-bond acceptors (Lipinski definition) is 4. The highest BCUT2D eigenvalue weighted by atomic mass is 31.0. The molecule has 0 fully saturated rings. The molecule has 2 N–H and O–H groups in total. The highest BCUT2D eigenvalue weighted by Gasteiger charge is 2.35. The topological polar surface area (TPSA) is 98.1 Å². The highest BCUT2D eigenvalue weighted by molar-refractivity contribution is 7.27. The molecular weight excluding hydrogens is 481 g/mol. The van der Waals surface area contributed by atoms with E-state index in [-0.39, 0.29) is 24.5 Å². The van der Waals surface area contributed by atoms with Crippen LogP contribution in [0.4, 0.5) is 4.79 Å². The van der Waals surface area contributed by atoms with Crippen LogP contribution < -0.4 is 15.9 Å². The number of likely N-dealkylation sites (N-methyl/N-ethyl adjacent to an activating group) is 1. The molecule has 0 spiro atoms. The van der Waals surface area contributed by atoms with Crippen molar-refractivity contribution in [2.75, 3.05) is 13.1 Å². The van der Waals surface area contributed by atoms with E-state index >= 15 is 0 Å². The average molecular weight is 516 g/mol. The fraction of sp³-hybridized carbons (Fsp3) is 0.310. The summed E-state index contributed by atoms with van der Waals surface area (Å²) in [6.07, 6.45) is 3.37. The molecule has 3 amide bonds. The molecule has 2 aromatic carbocycles. The second kappa shape index (κ2) is 13.5. The molecule has 3 rings (SSSR count). The van der Waals surface area contributed by atoms with Gasteiger partial charge in [0.25, 0.3) is 0 Å². The lowest BCUT2D eigenvalue weighted by Crippen LogP contribution is -2.44. The van der Waals surface area contributed by atoms with Gasteiger partial charge in [0.05, 0.1) is 17.6 Å². The largest absolute Gasteiger partial charge is 0.340 e. The quantitative estimate of drug-likeness (QED) is 0.398. The number of aromatic nitrogens is 1. The van der Waals surface area contributed by atoms with Crippen LogP contribution in [0.2, 0.25) is 0 Å². The Kier molecular flexibility index (Phi) is 10.2. The summed E-state index contributed by atoms with van der Waals surface area (Å²) in [6.45, 7) is 7.07. The minimum Gasteiger partial charge on any atom is -0.340 e. The van der Waals surface area contributed by atoms with Crippen LogP contribution in [0.3, 0.4) is 0 Å². The fourth-order valence-corrected chi connectivity index (χ4v) is 4.77. The third-order valence-corrected chi connectivity index (χ3v) is 6.94. The Morgan fingerprint density at radius 1 is 1.05 bits per heavy atom. The second-order valence-electron chi connectivity index (χ2n) is 9.09. The van der Waals surface area contributed by atoms with E-state index in [1.165, 1.54) is 0 Å². The van der Waals surface area contributed by atoms with Gasteiger partial charge in [-0.25, -0.2) is 4.79 Å². The van der Waals surface area contributed by atoms with Crippen molar-refractivity contribution in [3.63, 3.8) is 0 Å². The number of nitriles is 1. The van der Waals surface area contributed by atoms with Gasteiger partial charge in [-0.15, -0.1) is 9.24 Å². The summed E-state index contributed by atoms with van der Waals surface area (Å²) in [5, 5.41) is 16.4. The number of urea groups is 1. The predicted octanol–water partition coefficient (Wildman–Crippen LogP) is 4.08. The van der Waals surface area contributed by atoms with Gasteiger partial charge in [-0.05, 0) is 61.0 Å². The van der Waals surface area contributed by atoms with Crippen LogP contribution in [0, 0.1) is 11.3 Å². The molecule has 3 aromatic rings. The van der Waals surface area contributed by atoms with Crippen molar-refractivity contribution in [3.8, 4) is 6.07 Å². The Labute approximate surface area is 221 Å². The molecule has 0 saturated heterocycles. The number of pyridine rings is 1. The molecule has 7 nitrogen and oxygen atoms in total. The Balaban J connectivity index is 1.93. The molecule has 3 atom stereocenters. The lowest BCUT2D eigenvalue weighted by Gasteiger charge is -2.34. The van der Waals surface area contributed by atoms with Crippen molar-refractivity contribution >= 4 is 26.5 Å². The van der Waals surface area contributed by atoms with E-state index < -0.39 is 11.8 Å². The molecule has 0 aliphatic heterocycles. The van der Waals surface area contributed by atoms with Gasteiger partial charge in [0, 0.05) is 44.0 Å². The maximum atomic E-state index is 14.0. The maximum absolute atomic E-state index is 14.0. The number of amides is 3. The van der Waals surface area contributed by atoms with Crippen LogP contribution in [-0.2, 0) is 11.3 Å². The molecule has 1 heterocycles. The van der Waals surface area contributed by atoms with E-state index in [1.807, 2.05) is 74.2 Å². The molecule has 0 aliphatic carbocycles. The zero-order valence-electron chi connectivity index (χ0n) is 21.5. The van der Waals surface area contributed by atoms with Crippen molar-refractivity contribution in [2.24, 2.45) is 0 Å². The van der Waals surface area contributed by atoms with Crippen molar-refractivity contribution in [3.05, 3.63) is 95.3 Å². The van der Waals surface area contributed by atoms with Crippen LogP contribution in [-0.4, -0.2) is 41.0 Å². The molecule has 0 aliphatic rings. The number of nitrogens with zero attached hydrogens (tertiary/aromatic N) is 3. The van der Waals surface area contributed by atoms with Crippen molar-refractivity contribution in [2.45, 2.75) is 45.2 Å². The van der Waals surface area contributed by atoms with Gasteiger partial charge in [-0.3, -0.25) is 9.78 Å². The third-order valence-electron chi connectivity index (χ3n) is 6.38. The number of benzene rings is 2. The zero-order valence-corrected chi connectivity index (χ0v) is 22.7. The Morgan fingerprint density at radius 3 is 2.46 bits per heavy atom. The van der Waals surface area contributed by atoms with Crippen molar-refractivity contribution < 1.29 is 9.59 Å². The summed E-state index contributed by atoms with van der Waals surface area (Å²) < 4.78 is 0. The first-order valence-corrected chi connectivity index (χ1v) is 13.0. The first-order chi connectivity index (χ1) is 17.8. The van der Waals surface area contributed by atoms with E-state index in [9.17, 15) is 14.9 Å². The van der Waals surface area contributed by atoms with Gasteiger partial charge in [-0.1, -0.05) is 42.5 Å². The van der Waals surface area contributed by atoms with Gasteiger partial charge < -0.3 is 15.5 Å². The number of nitrogens with one attached hydrogen (secondary N) is 2. The fourth-order valence-electron chi connectivity index (χ4n) is 4.46. The monoisotopic (exact) mass is 515 g/mol. The van der Waals surface area contributed by atoms with Crippen LogP contribution in [0.1, 0.15) is 54.9 Å². The summed E-state index contributed by atoms with van der Waals surface area (Å²) in [4.78, 5) is 32.9. The van der Waals surface area contributed by atoms with Crippen LogP contribution >= 0.6 is 9.24 Å². The van der Waals surface area contributed by atoms with Crippen LogP contribution in [0.25, 0.3) is 0 Å². The molecule has 37 heavy (non-hydrogen) atoms. The summed E-state index contributed by atoms with van der Waals surface area (Å²) in [6, 6.07) is 20.6. The van der Waals surface area contributed by atoms with Gasteiger partial charge in [0.15, 0.2) is 0 Å². The Morgan fingerprint density at radius 2 is 1.81 bits per heavy atom. The number of carbonyl (C=O) groups excluding carboxylic acids is 2. The van der Waals surface area contributed by atoms with Gasteiger partial charge in [-0.2, -0.15) is 5.26 Å². The smallest absolute Gasteiger partial charge is 0.315 e. The summed E-state index contributed by atoms with van der Waals surface area (Å²) >= 11 is 0. The lowest BCUT2D eigenvalue weighted by molar-refractivity contribution is -0.134. The molecular formula is C29H34N5O2P. The number of rotatable bonds is 10. The summed E-state index contributed by atoms with van der Waals surface area (Å²) in [7, 11) is 2.67. The minimum absolute atomic E-state index is 0.00556. The lowest BCUT2D eigenvalue weighted by atomic mass is 9.80. The van der Waals surface area contributed by atoms with E-state index in [2.05, 4.69) is 30.9 Å². The average Bonchev–Trinajstić information content (AvgIpc) is 2.91. The van der Waals surface area contributed by atoms with Crippen molar-refractivity contribution in [1.82, 2.24) is 20.5 Å². The van der Waals surface area contributed by atoms with Gasteiger partial charge in [0.2, 0.25) is 5.91 Å². The molecule has 0 radical (unpaired) electrons. The molecule has 1 aromatic heterocycles. The first-order valence-electron chi connectivity index (χ1n) is 12.4. The second-order valence-corrected chi connectivity index (χ2v) is 9.71. The molecule has 8 heteroatoms.